The van der Waals surface area contributed by atoms with Crippen molar-refractivity contribution >= 4 is 32.7 Å². The highest BCUT2D eigenvalue weighted by Gasteiger charge is 2.74. The number of benzene rings is 1. The van der Waals surface area contributed by atoms with Crippen molar-refractivity contribution < 1.29 is 22.7 Å². The summed E-state index contributed by atoms with van der Waals surface area (Å²) < 4.78 is 47.7. The third kappa shape index (κ3) is 1.80. The lowest BCUT2D eigenvalue weighted by Gasteiger charge is -2.42. The predicted molar refractivity (Wildman–Crippen MR) is 83.9 cm³/mol. The van der Waals surface area contributed by atoms with Crippen LogP contribution in [0.25, 0.3) is 10.2 Å². The van der Waals surface area contributed by atoms with Gasteiger partial charge in [-0.05, 0) is 18.6 Å². The second-order valence-corrected chi connectivity index (χ2v) is 6.89. The predicted octanol–water partition coefficient (Wildman–Crippen LogP) is 3.54. The number of methoxy groups -OCH3 is 1. The first-order valence-electron chi connectivity index (χ1n) is 7.38. The number of carbonyl (C=O) groups excluding carboxylic acids is 1. The molecule has 2 aromatic rings. The average molecular weight is 354 g/mol. The molecule has 1 aromatic carbocycles. The minimum atomic E-state index is -4.78. The fourth-order valence-electron chi connectivity index (χ4n) is 3.74. The van der Waals surface area contributed by atoms with Crippen molar-refractivity contribution in [3.63, 3.8) is 0 Å². The molecule has 0 radical (unpaired) electrons. The quantitative estimate of drug-likeness (QED) is 0.611. The van der Waals surface area contributed by atoms with Gasteiger partial charge < -0.3 is 9.64 Å². The number of hydrogen-bond acceptors (Lipinski definition) is 5. The van der Waals surface area contributed by atoms with E-state index in [-0.39, 0.29) is 11.6 Å². The first kappa shape index (κ1) is 15.4. The Hall–Kier alpha value is -2.09. The van der Waals surface area contributed by atoms with Gasteiger partial charge in [0.1, 0.15) is 0 Å². The maximum absolute atomic E-state index is 14.1. The number of ether oxygens (including phenoxy) is 1. The molecule has 0 amide bonds. The summed E-state index contributed by atoms with van der Waals surface area (Å²) in [5, 5.41) is 0.191. The molecule has 1 fully saturated rings. The molecular formula is C16H13F3N2O2S. The summed E-state index contributed by atoms with van der Waals surface area (Å²) in [7, 11) is 0.988. The number of halogens is 3. The Kier molecular flexibility index (Phi) is 3.19. The maximum Gasteiger partial charge on any atom is 0.423 e. The molecule has 0 spiro atoms. The van der Waals surface area contributed by atoms with E-state index in [1.807, 2.05) is 0 Å². The number of thiazole rings is 1. The number of rotatable bonds is 2. The van der Waals surface area contributed by atoms with Crippen LogP contribution < -0.4 is 4.90 Å². The van der Waals surface area contributed by atoms with Gasteiger partial charge in [0, 0.05) is 5.92 Å². The van der Waals surface area contributed by atoms with Crippen molar-refractivity contribution in [2.24, 2.45) is 5.92 Å². The van der Waals surface area contributed by atoms with E-state index in [0.717, 1.165) is 28.0 Å². The zero-order valence-corrected chi connectivity index (χ0v) is 13.4. The molecule has 24 heavy (non-hydrogen) atoms. The molecule has 8 heteroatoms. The Bertz CT molecular complexity index is 814. The lowest BCUT2D eigenvalue weighted by molar-refractivity contribution is -0.208. The van der Waals surface area contributed by atoms with E-state index in [1.165, 1.54) is 6.08 Å². The van der Waals surface area contributed by atoms with Crippen molar-refractivity contribution in [2.45, 2.75) is 24.2 Å². The molecule has 4 nitrogen and oxygen atoms in total. The Morgan fingerprint density at radius 2 is 2.12 bits per heavy atom. The average Bonchev–Trinajstić information content (AvgIpc) is 3.24. The molecule has 0 unspecified atom stereocenters. The number of anilines is 1. The Morgan fingerprint density at radius 1 is 1.38 bits per heavy atom. The van der Waals surface area contributed by atoms with Crippen LogP contribution in [0.4, 0.5) is 18.3 Å². The molecule has 1 aliphatic carbocycles. The van der Waals surface area contributed by atoms with Crippen LogP contribution in [0.15, 0.2) is 36.4 Å². The summed E-state index contributed by atoms with van der Waals surface area (Å²) in [6.07, 6.45) is -1.37. The molecule has 1 aliphatic heterocycles. The number of hydrogen-bond donors (Lipinski definition) is 0. The maximum atomic E-state index is 14.1. The van der Waals surface area contributed by atoms with E-state index in [1.54, 1.807) is 30.3 Å². The molecular weight excluding hydrogens is 341 g/mol. The van der Waals surface area contributed by atoms with E-state index < -0.39 is 29.6 Å². The summed E-state index contributed by atoms with van der Waals surface area (Å²) in [5.74, 6) is -2.26. The van der Waals surface area contributed by atoms with E-state index in [0.29, 0.717) is 5.52 Å². The molecule has 0 saturated carbocycles. The van der Waals surface area contributed by atoms with Crippen LogP contribution in [0.1, 0.15) is 6.42 Å². The van der Waals surface area contributed by atoms with Gasteiger partial charge in [-0.3, -0.25) is 0 Å². The van der Waals surface area contributed by atoms with Gasteiger partial charge in [0.15, 0.2) is 5.13 Å². The van der Waals surface area contributed by atoms with Crippen LogP contribution in [0.2, 0.25) is 0 Å². The minimum absolute atomic E-state index is 0.191. The minimum Gasteiger partial charge on any atom is -0.467 e. The summed E-state index contributed by atoms with van der Waals surface area (Å²) in [5.41, 5.74) is -2.10. The standard InChI is InChI=1S/C16H13F3N2O2S/c1-23-13(22)15(16(17,18)19)9-6-7-10(8-9)21(15)14-20-11-4-2-3-5-12(11)24-14/h2-7,9-10H,8H2,1H3/t9-,10+,15+/m1/s1. The summed E-state index contributed by atoms with van der Waals surface area (Å²) in [4.78, 5) is 17.8. The summed E-state index contributed by atoms with van der Waals surface area (Å²) >= 11 is 1.15. The Labute approximate surface area is 139 Å². The van der Waals surface area contributed by atoms with Gasteiger partial charge in [0.25, 0.3) is 0 Å². The molecule has 0 N–H and O–H groups in total. The third-order valence-corrected chi connectivity index (χ3v) is 5.76. The second kappa shape index (κ2) is 4.95. The van der Waals surface area contributed by atoms with E-state index in [4.69, 9.17) is 0 Å². The fourth-order valence-corrected chi connectivity index (χ4v) is 4.83. The van der Waals surface area contributed by atoms with Crippen molar-refractivity contribution in [3.8, 4) is 0 Å². The largest absolute Gasteiger partial charge is 0.467 e. The molecule has 2 bridgehead atoms. The molecule has 126 valence electrons. The fraction of sp³-hybridized carbons (Fsp3) is 0.375. The van der Waals surface area contributed by atoms with Crippen LogP contribution in [0.5, 0.6) is 0 Å². The highest BCUT2D eigenvalue weighted by molar-refractivity contribution is 7.22. The normalized spacial score (nSPS) is 28.8. The van der Waals surface area contributed by atoms with Crippen molar-refractivity contribution in [3.05, 3.63) is 36.4 Å². The van der Waals surface area contributed by atoms with Gasteiger partial charge in [-0.2, -0.15) is 13.2 Å². The molecule has 2 heterocycles. The van der Waals surface area contributed by atoms with Crippen molar-refractivity contribution in [1.82, 2.24) is 4.98 Å². The molecule has 4 rings (SSSR count). The molecule has 1 aromatic heterocycles. The van der Waals surface area contributed by atoms with Gasteiger partial charge in [-0.1, -0.05) is 35.6 Å². The number of aromatic nitrogens is 1. The first-order chi connectivity index (χ1) is 11.4. The zero-order valence-electron chi connectivity index (χ0n) is 12.6. The van der Waals surface area contributed by atoms with Gasteiger partial charge in [-0.15, -0.1) is 0 Å². The van der Waals surface area contributed by atoms with Crippen LogP contribution in [-0.4, -0.2) is 35.8 Å². The SMILES string of the molecule is COC(=O)[C@]1(C(F)(F)F)[C@@H]2C=C[C@@H](C2)N1c1nc2ccccc2s1. The highest BCUT2D eigenvalue weighted by atomic mass is 32.1. The van der Waals surface area contributed by atoms with Crippen LogP contribution >= 0.6 is 11.3 Å². The van der Waals surface area contributed by atoms with Gasteiger partial charge in [0.05, 0.1) is 23.4 Å². The number of carbonyl (C=O) groups is 1. The van der Waals surface area contributed by atoms with Crippen LogP contribution in [-0.2, 0) is 9.53 Å². The topological polar surface area (TPSA) is 42.4 Å². The van der Waals surface area contributed by atoms with E-state index in [2.05, 4.69) is 9.72 Å². The zero-order chi connectivity index (χ0) is 17.1. The van der Waals surface area contributed by atoms with Crippen LogP contribution in [0, 0.1) is 5.92 Å². The third-order valence-electron chi connectivity index (χ3n) is 4.73. The second-order valence-electron chi connectivity index (χ2n) is 5.88. The van der Waals surface area contributed by atoms with Gasteiger partial charge in [0.2, 0.25) is 5.54 Å². The number of alkyl halides is 3. The Balaban J connectivity index is 1.94. The Morgan fingerprint density at radius 3 is 2.79 bits per heavy atom. The number of fused-ring (bicyclic) bond motifs is 3. The van der Waals surface area contributed by atoms with Gasteiger partial charge >= 0.3 is 12.1 Å². The van der Waals surface area contributed by atoms with Crippen molar-refractivity contribution in [1.29, 1.82) is 0 Å². The lowest BCUT2D eigenvalue weighted by atomic mass is 9.84. The summed E-state index contributed by atoms with van der Waals surface area (Å²) in [6, 6.07) is 6.61. The van der Waals surface area contributed by atoms with Gasteiger partial charge in [-0.25, -0.2) is 9.78 Å². The number of nitrogens with zero attached hydrogens (tertiary/aromatic N) is 2. The molecule has 1 saturated heterocycles. The number of esters is 1. The van der Waals surface area contributed by atoms with Crippen LogP contribution in [0.3, 0.4) is 0 Å². The van der Waals surface area contributed by atoms with E-state index in [9.17, 15) is 18.0 Å². The van der Waals surface area contributed by atoms with Crippen molar-refractivity contribution in [2.75, 3.05) is 12.0 Å². The highest BCUT2D eigenvalue weighted by Crippen LogP contribution is 2.56. The smallest absolute Gasteiger partial charge is 0.423 e. The summed E-state index contributed by atoms with van der Waals surface area (Å²) in [6.45, 7) is 0. The lowest BCUT2D eigenvalue weighted by Crippen LogP contribution is -2.66. The monoisotopic (exact) mass is 354 g/mol. The molecule has 3 atom stereocenters. The molecule has 2 aliphatic rings. The van der Waals surface area contributed by atoms with E-state index >= 15 is 0 Å². The first-order valence-corrected chi connectivity index (χ1v) is 8.19. The number of para-hydroxylation sites is 1.